The van der Waals surface area contributed by atoms with Crippen molar-refractivity contribution in [3.8, 4) is 17.2 Å². The van der Waals surface area contributed by atoms with Crippen LogP contribution in [0.3, 0.4) is 0 Å². The molecule has 41 heavy (non-hydrogen) atoms. The van der Waals surface area contributed by atoms with Crippen molar-refractivity contribution in [1.82, 2.24) is 10.3 Å². The van der Waals surface area contributed by atoms with Crippen LogP contribution in [0.4, 0.5) is 0 Å². The first-order valence-electron chi connectivity index (χ1n) is 15.2. The Labute approximate surface area is 243 Å². The minimum Gasteiger partial charge on any atom is -0.493 e. The third-order valence-corrected chi connectivity index (χ3v) is 8.19. The van der Waals surface area contributed by atoms with E-state index in [1.807, 2.05) is 55.5 Å². The number of carbonyl (C=O) groups is 2. The van der Waals surface area contributed by atoms with Gasteiger partial charge in [-0.3, -0.25) is 9.59 Å². The summed E-state index contributed by atoms with van der Waals surface area (Å²) in [7, 11) is 0. The summed E-state index contributed by atoms with van der Waals surface area (Å²) in [5.41, 5.74) is 3.61. The van der Waals surface area contributed by atoms with Crippen LogP contribution in [0, 0.1) is 18.8 Å². The van der Waals surface area contributed by atoms with Crippen molar-refractivity contribution in [3.05, 3.63) is 71.1 Å². The van der Waals surface area contributed by atoms with Gasteiger partial charge in [-0.15, -0.1) is 0 Å². The Balaban J connectivity index is 1.32. The van der Waals surface area contributed by atoms with Crippen molar-refractivity contribution in [2.45, 2.75) is 91.0 Å². The fourth-order valence-electron chi connectivity index (χ4n) is 5.69. The lowest BCUT2D eigenvalue weighted by molar-refractivity contribution is -0.137. The van der Waals surface area contributed by atoms with E-state index in [1.165, 1.54) is 25.7 Å². The highest BCUT2D eigenvalue weighted by Gasteiger charge is 2.26. The first-order chi connectivity index (χ1) is 19.9. The van der Waals surface area contributed by atoms with Crippen molar-refractivity contribution >= 4 is 11.9 Å². The number of nitrogens with zero attached hydrogens (tertiary/aromatic N) is 1. The summed E-state index contributed by atoms with van der Waals surface area (Å²) in [5, 5.41) is 12.3. The molecule has 7 heteroatoms. The van der Waals surface area contributed by atoms with Gasteiger partial charge in [0.05, 0.1) is 12.3 Å². The fourth-order valence-corrected chi connectivity index (χ4v) is 5.69. The molecule has 1 saturated carbocycles. The largest absolute Gasteiger partial charge is 0.493 e. The topological polar surface area (TPSA) is 102 Å². The van der Waals surface area contributed by atoms with E-state index in [2.05, 4.69) is 17.2 Å². The maximum Gasteiger partial charge on any atom is 0.303 e. The lowest BCUT2D eigenvalue weighted by Gasteiger charge is -2.28. The van der Waals surface area contributed by atoms with Gasteiger partial charge >= 0.3 is 5.97 Å². The molecule has 4 rings (SSSR count). The van der Waals surface area contributed by atoms with Gasteiger partial charge < -0.3 is 19.6 Å². The molecule has 1 fully saturated rings. The summed E-state index contributed by atoms with van der Waals surface area (Å²) >= 11 is 0. The molecular formula is C34H44N2O5. The van der Waals surface area contributed by atoms with Crippen LogP contribution in [0.25, 0.3) is 11.5 Å². The van der Waals surface area contributed by atoms with Crippen molar-refractivity contribution in [3.63, 3.8) is 0 Å². The first-order valence-corrected chi connectivity index (χ1v) is 15.2. The van der Waals surface area contributed by atoms with E-state index in [0.29, 0.717) is 37.6 Å². The molecule has 1 aliphatic carbocycles. The molecule has 0 atom stereocenters. The van der Waals surface area contributed by atoms with Crippen LogP contribution < -0.4 is 10.1 Å². The zero-order valence-electron chi connectivity index (χ0n) is 24.5. The fraction of sp³-hybridized carbons (Fsp3) is 0.500. The molecule has 0 saturated heterocycles. The number of amides is 1. The third-order valence-electron chi connectivity index (χ3n) is 8.19. The average Bonchev–Trinajstić information content (AvgIpc) is 3.36. The van der Waals surface area contributed by atoms with Crippen LogP contribution in [-0.2, 0) is 29.0 Å². The summed E-state index contributed by atoms with van der Waals surface area (Å²) in [6, 6.07) is 15.5. The lowest BCUT2D eigenvalue weighted by atomic mass is 9.79. The number of carboxylic acids is 1. The van der Waals surface area contributed by atoms with Gasteiger partial charge in [-0.2, -0.15) is 0 Å². The summed E-state index contributed by atoms with van der Waals surface area (Å²) < 4.78 is 11.9. The molecule has 0 spiro atoms. The normalized spacial score (nSPS) is 16.8. The number of aliphatic carboxylic acids is 1. The number of carbonyl (C=O) groups excluding carboxylic acids is 1. The predicted octanol–water partition coefficient (Wildman–Crippen LogP) is 7.29. The van der Waals surface area contributed by atoms with Gasteiger partial charge in [0.2, 0.25) is 11.8 Å². The molecule has 1 amide bonds. The molecule has 1 aliphatic rings. The molecule has 1 heterocycles. The second kappa shape index (κ2) is 15.4. The maximum absolute atomic E-state index is 13.0. The Hall–Kier alpha value is -3.61. The van der Waals surface area contributed by atoms with Gasteiger partial charge in [0.15, 0.2) is 0 Å². The van der Waals surface area contributed by atoms with Crippen LogP contribution in [0.15, 0.2) is 52.9 Å². The standard InChI is InChI=1S/C34H44N2O5/c1-3-4-6-9-25-12-14-27(15-13-25)33(39)35-23-29-22-30(18-16-26(29)17-19-32(37)38)40-21-20-31-24(2)41-34(36-31)28-10-7-5-8-11-28/h5,7-8,10-11,16,18,22,25,27H,3-4,6,9,12-15,17,19-21,23H2,1-2H3,(H,35,39)(H,37,38). The first kappa shape index (κ1) is 30.4. The Kier molecular flexibility index (Phi) is 11.4. The van der Waals surface area contributed by atoms with Gasteiger partial charge in [0, 0.05) is 30.9 Å². The lowest BCUT2D eigenvalue weighted by Crippen LogP contribution is -2.33. The molecule has 0 aliphatic heterocycles. The number of rotatable bonds is 15. The van der Waals surface area contributed by atoms with Crippen molar-refractivity contribution in [2.24, 2.45) is 11.8 Å². The molecular weight excluding hydrogens is 516 g/mol. The van der Waals surface area contributed by atoms with Gasteiger partial charge in [-0.25, -0.2) is 4.98 Å². The average molecular weight is 561 g/mol. The second-order valence-corrected chi connectivity index (χ2v) is 11.2. The summed E-state index contributed by atoms with van der Waals surface area (Å²) in [5.74, 6) is 2.14. The number of aromatic nitrogens is 1. The molecule has 1 aromatic heterocycles. The van der Waals surface area contributed by atoms with Crippen molar-refractivity contribution in [1.29, 1.82) is 0 Å². The molecule has 3 aromatic rings. The molecule has 2 aromatic carbocycles. The number of carboxylic acid groups (broad SMARTS) is 1. The predicted molar refractivity (Wildman–Crippen MR) is 160 cm³/mol. The van der Waals surface area contributed by atoms with E-state index in [0.717, 1.165) is 59.7 Å². The highest BCUT2D eigenvalue weighted by atomic mass is 16.5. The number of hydrogen-bond donors (Lipinski definition) is 2. The Bertz CT molecular complexity index is 1260. The summed E-state index contributed by atoms with van der Waals surface area (Å²) in [4.78, 5) is 28.9. The smallest absolute Gasteiger partial charge is 0.303 e. The maximum atomic E-state index is 13.0. The van der Waals surface area contributed by atoms with Gasteiger partial charge in [-0.05, 0) is 80.3 Å². The quantitative estimate of drug-likeness (QED) is 0.189. The van der Waals surface area contributed by atoms with E-state index >= 15 is 0 Å². The second-order valence-electron chi connectivity index (χ2n) is 11.2. The van der Waals surface area contributed by atoms with E-state index < -0.39 is 5.97 Å². The Morgan fingerprint density at radius 2 is 1.80 bits per heavy atom. The van der Waals surface area contributed by atoms with E-state index in [1.54, 1.807) is 0 Å². The van der Waals surface area contributed by atoms with Gasteiger partial charge in [-0.1, -0.05) is 56.9 Å². The van der Waals surface area contributed by atoms with Crippen LogP contribution >= 0.6 is 0 Å². The molecule has 7 nitrogen and oxygen atoms in total. The van der Waals surface area contributed by atoms with Crippen LogP contribution in [0.5, 0.6) is 5.75 Å². The monoisotopic (exact) mass is 560 g/mol. The Morgan fingerprint density at radius 3 is 2.54 bits per heavy atom. The molecule has 220 valence electrons. The van der Waals surface area contributed by atoms with E-state index in [-0.39, 0.29) is 18.2 Å². The Morgan fingerprint density at radius 1 is 1.02 bits per heavy atom. The van der Waals surface area contributed by atoms with Gasteiger partial charge in [0.25, 0.3) is 0 Å². The van der Waals surface area contributed by atoms with E-state index in [4.69, 9.17) is 9.15 Å². The summed E-state index contributed by atoms with van der Waals surface area (Å²) in [6.45, 7) is 4.93. The third kappa shape index (κ3) is 9.20. The highest BCUT2D eigenvalue weighted by Crippen LogP contribution is 2.32. The summed E-state index contributed by atoms with van der Waals surface area (Å²) in [6.07, 6.45) is 10.3. The molecule has 0 bridgehead atoms. The highest BCUT2D eigenvalue weighted by molar-refractivity contribution is 5.78. The number of ether oxygens (including phenoxy) is 1. The zero-order chi connectivity index (χ0) is 29.0. The zero-order valence-corrected chi connectivity index (χ0v) is 24.5. The molecule has 0 radical (unpaired) electrons. The number of hydrogen-bond acceptors (Lipinski definition) is 5. The van der Waals surface area contributed by atoms with Crippen LogP contribution in [0.1, 0.15) is 87.3 Å². The van der Waals surface area contributed by atoms with Crippen molar-refractivity contribution in [2.75, 3.05) is 6.61 Å². The number of oxazole rings is 1. The minimum absolute atomic E-state index is 0.0401. The number of aryl methyl sites for hydroxylation is 2. The van der Waals surface area contributed by atoms with E-state index in [9.17, 15) is 14.7 Å². The van der Waals surface area contributed by atoms with Crippen molar-refractivity contribution < 1.29 is 23.8 Å². The SMILES string of the molecule is CCCCCC1CCC(C(=O)NCc2cc(OCCc3nc(-c4ccccc4)oc3C)ccc2CCC(=O)O)CC1. The van der Waals surface area contributed by atoms with Gasteiger partial charge in [0.1, 0.15) is 11.5 Å². The number of unbranched alkanes of at least 4 members (excludes halogenated alkanes) is 2. The molecule has 0 unspecified atom stereocenters. The minimum atomic E-state index is -0.839. The van der Waals surface area contributed by atoms with Crippen LogP contribution in [-0.4, -0.2) is 28.6 Å². The number of nitrogens with one attached hydrogen (secondary N) is 1. The van der Waals surface area contributed by atoms with Crippen LogP contribution in [0.2, 0.25) is 0 Å². The molecule has 2 N–H and O–H groups in total. The number of benzene rings is 2.